The molecule has 1 atom stereocenters. The lowest BCUT2D eigenvalue weighted by molar-refractivity contribution is 0.0935. The Labute approximate surface area is 82.3 Å². The van der Waals surface area contributed by atoms with Crippen LogP contribution in [0.25, 0.3) is 0 Å². The third kappa shape index (κ3) is 2.81. The predicted molar refractivity (Wildman–Crippen MR) is 54.1 cm³/mol. The van der Waals surface area contributed by atoms with Crippen LogP contribution in [0.1, 0.15) is 35.6 Å². The van der Waals surface area contributed by atoms with Gasteiger partial charge in [-0.05, 0) is 37.9 Å². The van der Waals surface area contributed by atoms with Gasteiger partial charge in [0.25, 0.3) is 5.91 Å². The van der Waals surface area contributed by atoms with Crippen molar-refractivity contribution >= 4 is 17.4 Å². The average Bonchev–Trinajstić information content (AvgIpc) is 2.51. The molecule has 1 aromatic rings. The smallest absolute Gasteiger partial charge is 0.271 e. The van der Waals surface area contributed by atoms with E-state index in [0.29, 0.717) is 5.69 Å². The van der Waals surface area contributed by atoms with E-state index in [1.54, 1.807) is 0 Å². The lowest BCUT2D eigenvalue weighted by Gasteiger charge is -2.08. The van der Waals surface area contributed by atoms with E-state index in [2.05, 4.69) is 9.69 Å². The molecule has 1 unspecified atom stereocenters. The van der Waals surface area contributed by atoms with Gasteiger partial charge in [-0.25, -0.2) is 0 Å². The fraction of sp³-hybridized carbons (Fsp3) is 0.556. The molecule has 0 aliphatic carbocycles. The highest BCUT2D eigenvalue weighted by atomic mass is 32.1. The van der Waals surface area contributed by atoms with Gasteiger partial charge in [-0.1, -0.05) is 6.92 Å². The Morgan fingerprint density at radius 2 is 2.46 bits per heavy atom. The summed E-state index contributed by atoms with van der Waals surface area (Å²) in [5.74, 6) is -0.0706. The van der Waals surface area contributed by atoms with Crippen LogP contribution in [0.5, 0.6) is 0 Å². The number of hydrogen-bond donors (Lipinski definition) is 1. The number of rotatable bonds is 3. The number of carbonyl (C=O) groups is 1. The van der Waals surface area contributed by atoms with Gasteiger partial charge in [0.15, 0.2) is 0 Å². The summed E-state index contributed by atoms with van der Waals surface area (Å²) in [7, 11) is 0. The molecule has 0 aliphatic heterocycles. The zero-order valence-electron chi connectivity index (χ0n) is 8.13. The summed E-state index contributed by atoms with van der Waals surface area (Å²) in [6.07, 6.45) is 0.939. The Hall–Kier alpha value is -0.900. The fourth-order valence-corrected chi connectivity index (χ4v) is 1.42. The molecule has 0 bridgehead atoms. The number of hydrogen-bond acceptors (Lipinski definition) is 3. The second-order valence-electron chi connectivity index (χ2n) is 3.11. The number of nitrogens with zero attached hydrogens (tertiary/aromatic N) is 1. The lowest BCUT2D eigenvalue weighted by Crippen LogP contribution is -2.32. The van der Waals surface area contributed by atoms with Gasteiger partial charge in [0.2, 0.25) is 0 Å². The predicted octanol–water partition coefficient (Wildman–Crippen LogP) is 1.98. The van der Waals surface area contributed by atoms with E-state index in [1.807, 2.05) is 26.8 Å². The van der Waals surface area contributed by atoms with Gasteiger partial charge in [-0.3, -0.25) is 4.79 Å². The van der Waals surface area contributed by atoms with Gasteiger partial charge in [0.05, 0.1) is 0 Å². The Morgan fingerprint density at radius 1 is 1.77 bits per heavy atom. The first-order chi connectivity index (χ1) is 6.13. The first-order valence-corrected chi connectivity index (χ1v) is 5.15. The standard InChI is InChI=1S/C9H14N2OS/c1-4-6(2)10-9(12)8-5-7(3)13-11-8/h5-6H,4H2,1-3H3,(H,10,12). The molecule has 0 aliphatic rings. The summed E-state index contributed by atoms with van der Waals surface area (Å²) in [5.41, 5.74) is 0.530. The molecule has 0 fully saturated rings. The van der Waals surface area contributed by atoms with Gasteiger partial charge in [-0.2, -0.15) is 4.37 Å². The van der Waals surface area contributed by atoms with Crippen LogP contribution >= 0.6 is 11.5 Å². The molecule has 1 heterocycles. The largest absolute Gasteiger partial charge is 0.348 e. The Kier molecular flexibility index (Phi) is 3.42. The SMILES string of the molecule is CCC(C)NC(=O)c1cc(C)sn1. The fourth-order valence-electron chi connectivity index (χ4n) is 0.873. The summed E-state index contributed by atoms with van der Waals surface area (Å²) >= 11 is 1.36. The number of nitrogens with one attached hydrogen (secondary N) is 1. The van der Waals surface area contributed by atoms with Crippen molar-refractivity contribution in [2.75, 3.05) is 0 Å². The van der Waals surface area contributed by atoms with E-state index in [-0.39, 0.29) is 11.9 Å². The van der Waals surface area contributed by atoms with Crippen molar-refractivity contribution in [2.45, 2.75) is 33.2 Å². The maximum atomic E-state index is 11.5. The second-order valence-corrected chi connectivity index (χ2v) is 4.11. The molecule has 1 rings (SSSR count). The van der Waals surface area contributed by atoms with Crippen molar-refractivity contribution in [1.29, 1.82) is 0 Å². The topological polar surface area (TPSA) is 42.0 Å². The molecule has 0 radical (unpaired) electrons. The van der Waals surface area contributed by atoms with E-state index in [0.717, 1.165) is 11.3 Å². The summed E-state index contributed by atoms with van der Waals surface area (Å²) in [5, 5.41) is 2.86. The van der Waals surface area contributed by atoms with Crippen LogP contribution in [0.4, 0.5) is 0 Å². The first kappa shape index (κ1) is 10.2. The molecule has 72 valence electrons. The molecule has 0 spiro atoms. The monoisotopic (exact) mass is 198 g/mol. The average molecular weight is 198 g/mol. The van der Waals surface area contributed by atoms with Crippen LogP contribution in [0.2, 0.25) is 0 Å². The summed E-state index contributed by atoms with van der Waals surface area (Å²) in [6.45, 7) is 5.96. The molecule has 4 heteroatoms. The van der Waals surface area contributed by atoms with E-state index in [9.17, 15) is 4.79 Å². The third-order valence-electron chi connectivity index (χ3n) is 1.85. The highest BCUT2D eigenvalue weighted by Crippen LogP contribution is 2.07. The van der Waals surface area contributed by atoms with Crippen molar-refractivity contribution in [2.24, 2.45) is 0 Å². The number of aromatic nitrogens is 1. The summed E-state index contributed by atoms with van der Waals surface area (Å²) in [4.78, 5) is 12.5. The van der Waals surface area contributed by atoms with Crippen LogP contribution < -0.4 is 5.32 Å². The Morgan fingerprint density at radius 3 is 2.92 bits per heavy atom. The van der Waals surface area contributed by atoms with Gasteiger partial charge >= 0.3 is 0 Å². The summed E-state index contributed by atoms with van der Waals surface area (Å²) < 4.78 is 4.03. The number of carbonyl (C=O) groups excluding carboxylic acids is 1. The zero-order chi connectivity index (χ0) is 9.84. The first-order valence-electron chi connectivity index (χ1n) is 4.37. The molecule has 1 amide bonds. The molecule has 13 heavy (non-hydrogen) atoms. The van der Waals surface area contributed by atoms with Crippen molar-refractivity contribution in [1.82, 2.24) is 9.69 Å². The van der Waals surface area contributed by atoms with Crippen LogP contribution in [0.3, 0.4) is 0 Å². The highest BCUT2D eigenvalue weighted by molar-refractivity contribution is 7.05. The van der Waals surface area contributed by atoms with Crippen molar-refractivity contribution in [3.63, 3.8) is 0 Å². The Balaban J connectivity index is 2.58. The molecular weight excluding hydrogens is 184 g/mol. The minimum atomic E-state index is -0.0706. The summed E-state index contributed by atoms with van der Waals surface area (Å²) in [6, 6.07) is 2.03. The van der Waals surface area contributed by atoms with Gasteiger partial charge in [0.1, 0.15) is 5.69 Å². The van der Waals surface area contributed by atoms with Gasteiger partial charge < -0.3 is 5.32 Å². The quantitative estimate of drug-likeness (QED) is 0.807. The van der Waals surface area contributed by atoms with E-state index < -0.39 is 0 Å². The number of amides is 1. The Bertz CT molecular complexity index is 296. The van der Waals surface area contributed by atoms with Gasteiger partial charge in [0, 0.05) is 10.9 Å². The molecule has 3 nitrogen and oxygen atoms in total. The van der Waals surface area contributed by atoms with Crippen LogP contribution in [-0.4, -0.2) is 16.3 Å². The normalized spacial score (nSPS) is 12.5. The van der Waals surface area contributed by atoms with Crippen molar-refractivity contribution in [3.05, 3.63) is 16.6 Å². The van der Waals surface area contributed by atoms with Crippen molar-refractivity contribution in [3.8, 4) is 0 Å². The molecule has 1 N–H and O–H groups in total. The van der Waals surface area contributed by atoms with E-state index >= 15 is 0 Å². The van der Waals surface area contributed by atoms with Crippen molar-refractivity contribution < 1.29 is 4.79 Å². The highest BCUT2D eigenvalue weighted by Gasteiger charge is 2.10. The molecular formula is C9H14N2OS. The molecule has 0 aromatic carbocycles. The molecule has 0 saturated carbocycles. The minimum Gasteiger partial charge on any atom is -0.348 e. The second kappa shape index (κ2) is 4.37. The maximum absolute atomic E-state index is 11.5. The maximum Gasteiger partial charge on any atom is 0.271 e. The van der Waals surface area contributed by atoms with Crippen LogP contribution in [0, 0.1) is 6.92 Å². The molecule has 0 saturated heterocycles. The van der Waals surface area contributed by atoms with E-state index in [4.69, 9.17) is 0 Å². The number of aryl methyl sites for hydroxylation is 1. The van der Waals surface area contributed by atoms with E-state index in [1.165, 1.54) is 11.5 Å². The van der Waals surface area contributed by atoms with Gasteiger partial charge in [-0.15, -0.1) is 0 Å². The van der Waals surface area contributed by atoms with Crippen LogP contribution in [0.15, 0.2) is 6.07 Å². The van der Waals surface area contributed by atoms with Crippen LogP contribution in [-0.2, 0) is 0 Å². The lowest BCUT2D eigenvalue weighted by atomic mass is 10.2. The third-order valence-corrected chi connectivity index (χ3v) is 2.54. The zero-order valence-corrected chi connectivity index (χ0v) is 8.94. The minimum absolute atomic E-state index is 0.0706. The molecule has 1 aromatic heterocycles.